The molecule has 0 aliphatic carbocycles. The van der Waals surface area contributed by atoms with Crippen molar-refractivity contribution < 1.29 is 14.3 Å². The van der Waals surface area contributed by atoms with Crippen molar-refractivity contribution in [2.24, 2.45) is 0 Å². The predicted octanol–water partition coefficient (Wildman–Crippen LogP) is 3.35. The van der Waals surface area contributed by atoms with Gasteiger partial charge in [-0.2, -0.15) is 0 Å². The summed E-state index contributed by atoms with van der Waals surface area (Å²) in [6.45, 7) is 11.7. The molecule has 0 fully saturated rings. The Bertz CT molecular complexity index is 553. The first-order chi connectivity index (χ1) is 11.6. The molecule has 1 rings (SSSR count). The van der Waals surface area contributed by atoms with Crippen LogP contribution in [0.1, 0.15) is 18.9 Å². The lowest BCUT2D eigenvalue weighted by Gasteiger charge is -2.17. The Morgan fingerprint density at radius 2 is 1.88 bits per heavy atom. The van der Waals surface area contributed by atoms with Crippen LogP contribution in [0.15, 0.2) is 67.8 Å². The van der Waals surface area contributed by atoms with Crippen LogP contribution in [-0.4, -0.2) is 25.1 Å². The van der Waals surface area contributed by atoms with Gasteiger partial charge in [0.05, 0.1) is 0 Å². The number of rotatable bonds is 7. The van der Waals surface area contributed by atoms with Gasteiger partial charge in [-0.3, -0.25) is 4.79 Å². The van der Waals surface area contributed by atoms with Crippen LogP contribution in [0.3, 0.4) is 0 Å². The summed E-state index contributed by atoms with van der Waals surface area (Å²) in [4.78, 5) is 23.7. The van der Waals surface area contributed by atoms with E-state index in [-0.39, 0.29) is 12.5 Å². The van der Waals surface area contributed by atoms with E-state index in [1.807, 2.05) is 43.3 Å². The molecule has 2 amide bonds. The standard InChI is InChI=1S/C17H22N2O3.C2H4/c1-4-13(5-2)11-15(16(20)18-3)19-17(21)22-12-14-9-7-6-8-10-14;1-2/h4-10,15H,1,11-12H2,2-3H3,(H,18,20)(H,19,21);1-2H2/b13-5+;/t15-;/m0./s1. The number of carbonyl (C=O) groups excluding carboxylic acids is 2. The van der Waals surface area contributed by atoms with Gasteiger partial charge in [0.2, 0.25) is 5.91 Å². The van der Waals surface area contributed by atoms with Crippen molar-refractivity contribution in [3.63, 3.8) is 0 Å². The molecule has 0 aromatic heterocycles. The van der Waals surface area contributed by atoms with Crippen LogP contribution in [0.25, 0.3) is 0 Å². The maximum atomic E-state index is 11.8. The first-order valence-electron chi connectivity index (χ1n) is 7.57. The minimum atomic E-state index is -0.697. The maximum Gasteiger partial charge on any atom is 0.408 e. The summed E-state index contributed by atoms with van der Waals surface area (Å²) < 4.78 is 5.13. The van der Waals surface area contributed by atoms with E-state index < -0.39 is 12.1 Å². The highest BCUT2D eigenvalue weighted by Gasteiger charge is 2.21. The summed E-state index contributed by atoms with van der Waals surface area (Å²) in [5.41, 5.74) is 1.76. The first-order valence-corrected chi connectivity index (χ1v) is 7.57. The Morgan fingerprint density at radius 1 is 1.25 bits per heavy atom. The molecule has 0 aliphatic heterocycles. The predicted molar refractivity (Wildman–Crippen MR) is 97.4 cm³/mol. The topological polar surface area (TPSA) is 67.4 Å². The van der Waals surface area contributed by atoms with Crippen LogP contribution in [-0.2, 0) is 16.1 Å². The number of hydrogen-bond donors (Lipinski definition) is 2. The number of alkyl carbamates (subject to hydrolysis) is 1. The molecule has 0 heterocycles. The molecule has 1 aromatic rings. The Hall–Kier alpha value is -2.82. The monoisotopic (exact) mass is 330 g/mol. The van der Waals surface area contributed by atoms with Gasteiger partial charge in [-0.05, 0) is 12.5 Å². The van der Waals surface area contributed by atoms with Gasteiger partial charge in [0.15, 0.2) is 0 Å². The second-order valence-electron chi connectivity index (χ2n) is 4.64. The Kier molecular flexibility index (Phi) is 11.2. The molecule has 5 nitrogen and oxygen atoms in total. The van der Waals surface area contributed by atoms with Crippen molar-refractivity contribution in [3.8, 4) is 0 Å². The van der Waals surface area contributed by atoms with E-state index in [4.69, 9.17) is 4.74 Å². The average Bonchev–Trinajstić information content (AvgIpc) is 2.65. The molecular weight excluding hydrogens is 304 g/mol. The minimum Gasteiger partial charge on any atom is -0.445 e. The Morgan fingerprint density at radius 3 is 2.38 bits per heavy atom. The first kappa shape index (κ1) is 21.2. The fourth-order valence-electron chi connectivity index (χ4n) is 1.85. The van der Waals surface area contributed by atoms with Gasteiger partial charge < -0.3 is 15.4 Å². The highest BCUT2D eigenvalue weighted by atomic mass is 16.5. The molecule has 1 atom stereocenters. The van der Waals surface area contributed by atoms with Crippen molar-refractivity contribution in [2.75, 3.05) is 7.05 Å². The average molecular weight is 330 g/mol. The highest BCUT2D eigenvalue weighted by Crippen LogP contribution is 2.08. The van der Waals surface area contributed by atoms with E-state index in [2.05, 4.69) is 30.4 Å². The summed E-state index contributed by atoms with van der Waals surface area (Å²) in [5, 5.41) is 5.10. The van der Waals surface area contributed by atoms with Crippen LogP contribution in [0.5, 0.6) is 0 Å². The van der Waals surface area contributed by atoms with E-state index in [9.17, 15) is 9.59 Å². The van der Waals surface area contributed by atoms with E-state index in [1.54, 1.807) is 6.08 Å². The molecule has 0 spiro atoms. The van der Waals surface area contributed by atoms with E-state index in [0.29, 0.717) is 6.42 Å². The van der Waals surface area contributed by atoms with E-state index in [1.165, 1.54) is 7.05 Å². The van der Waals surface area contributed by atoms with Gasteiger partial charge in [0, 0.05) is 13.5 Å². The lowest BCUT2D eigenvalue weighted by atomic mass is 10.1. The van der Waals surface area contributed by atoms with Gasteiger partial charge in [0.1, 0.15) is 12.6 Å². The SMILES string of the molecule is C=C.C=C/C(=C\C)C[C@H](NC(=O)OCc1ccccc1)C(=O)NC. The minimum absolute atomic E-state index is 0.158. The molecule has 0 saturated carbocycles. The summed E-state index contributed by atoms with van der Waals surface area (Å²) in [6.07, 6.45) is 3.24. The Balaban J connectivity index is 0.00000254. The third-order valence-corrected chi connectivity index (χ3v) is 3.14. The zero-order chi connectivity index (χ0) is 18.4. The zero-order valence-electron chi connectivity index (χ0n) is 14.4. The lowest BCUT2D eigenvalue weighted by Crippen LogP contribution is -2.46. The van der Waals surface area contributed by atoms with Crippen molar-refractivity contribution in [2.45, 2.75) is 26.0 Å². The molecule has 2 N–H and O–H groups in total. The summed E-state index contributed by atoms with van der Waals surface area (Å²) >= 11 is 0. The summed E-state index contributed by atoms with van der Waals surface area (Å²) in [6, 6.07) is 8.65. The number of carbonyl (C=O) groups is 2. The molecule has 130 valence electrons. The van der Waals surface area contributed by atoms with Gasteiger partial charge in [-0.1, -0.05) is 54.6 Å². The second-order valence-corrected chi connectivity index (χ2v) is 4.64. The molecule has 0 saturated heterocycles. The quantitative estimate of drug-likeness (QED) is 0.595. The smallest absolute Gasteiger partial charge is 0.408 e. The van der Waals surface area contributed by atoms with E-state index >= 15 is 0 Å². The summed E-state index contributed by atoms with van der Waals surface area (Å²) in [5.74, 6) is -0.280. The number of hydrogen-bond acceptors (Lipinski definition) is 3. The molecular formula is C19H26N2O3. The van der Waals surface area contributed by atoms with Crippen molar-refractivity contribution >= 4 is 12.0 Å². The number of likely N-dealkylation sites (N-methyl/N-ethyl adjacent to an activating group) is 1. The second kappa shape index (κ2) is 12.7. The lowest BCUT2D eigenvalue weighted by molar-refractivity contribution is -0.122. The number of benzene rings is 1. The third-order valence-electron chi connectivity index (χ3n) is 3.14. The molecule has 0 aliphatic rings. The molecule has 5 heteroatoms. The number of ether oxygens (including phenoxy) is 1. The largest absolute Gasteiger partial charge is 0.445 e. The fourth-order valence-corrected chi connectivity index (χ4v) is 1.85. The Labute approximate surface area is 144 Å². The summed E-state index contributed by atoms with van der Waals surface area (Å²) in [7, 11) is 1.52. The van der Waals surface area contributed by atoms with Crippen molar-refractivity contribution in [1.82, 2.24) is 10.6 Å². The third kappa shape index (κ3) is 7.98. The molecule has 0 bridgehead atoms. The van der Waals surface area contributed by atoms with Gasteiger partial charge in [0.25, 0.3) is 0 Å². The van der Waals surface area contributed by atoms with Gasteiger partial charge in [-0.25, -0.2) is 4.79 Å². The molecule has 1 aromatic carbocycles. The van der Waals surface area contributed by atoms with Gasteiger partial charge >= 0.3 is 6.09 Å². The highest BCUT2D eigenvalue weighted by molar-refractivity contribution is 5.85. The van der Waals surface area contributed by atoms with Crippen molar-refractivity contribution in [1.29, 1.82) is 0 Å². The normalized spacial score (nSPS) is 11.3. The van der Waals surface area contributed by atoms with Crippen LogP contribution < -0.4 is 10.6 Å². The van der Waals surface area contributed by atoms with Crippen LogP contribution in [0.2, 0.25) is 0 Å². The van der Waals surface area contributed by atoms with Crippen LogP contribution in [0.4, 0.5) is 4.79 Å². The van der Waals surface area contributed by atoms with E-state index in [0.717, 1.165) is 11.1 Å². The van der Waals surface area contributed by atoms with Crippen LogP contribution in [0, 0.1) is 0 Å². The maximum absolute atomic E-state index is 11.8. The van der Waals surface area contributed by atoms with Crippen molar-refractivity contribution in [3.05, 3.63) is 73.4 Å². The number of allylic oxidation sites excluding steroid dienone is 2. The van der Waals surface area contributed by atoms with Crippen LogP contribution >= 0.6 is 0 Å². The molecule has 24 heavy (non-hydrogen) atoms. The zero-order valence-corrected chi connectivity index (χ0v) is 14.4. The van der Waals surface area contributed by atoms with Gasteiger partial charge in [-0.15, -0.1) is 13.2 Å². The molecule has 0 unspecified atom stereocenters. The molecule has 0 radical (unpaired) electrons. The number of nitrogens with one attached hydrogen (secondary N) is 2. The number of amides is 2. The fraction of sp³-hybridized carbons (Fsp3) is 0.263.